The summed E-state index contributed by atoms with van der Waals surface area (Å²) < 4.78 is 0.800. The smallest absolute Gasteiger partial charge is 0.113 e. The molecule has 1 aromatic heterocycles. The molecule has 0 aromatic carbocycles. The maximum atomic E-state index is 5.90. The van der Waals surface area contributed by atoms with Crippen LogP contribution in [0.4, 0.5) is 0 Å². The van der Waals surface area contributed by atoms with Gasteiger partial charge >= 0.3 is 0 Å². The highest BCUT2D eigenvalue weighted by atomic mass is 35.5. The van der Waals surface area contributed by atoms with Crippen LogP contribution in [-0.4, -0.2) is 17.1 Å². The quantitative estimate of drug-likeness (QED) is 0.845. The van der Waals surface area contributed by atoms with Crippen LogP contribution in [0.5, 0.6) is 0 Å². The molecule has 3 atom stereocenters. The molecule has 0 spiro atoms. The number of rotatable bonds is 2. The van der Waals surface area contributed by atoms with E-state index in [4.69, 9.17) is 11.6 Å². The Labute approximate surface area is 93.7 Å². The zero-order chi connectivity index (χ0) is 10.1. The molecular weight excluding hydrogens is 216 g/mol. The summed E-state index contributed by atoms with van der Waals surface area (Å²) in [7, 11) is 0. The van der Waals surface area contributed by atoms with E-state index in [1.165, 1.54) is 11.4 Å². The normalized spacial score (nSPS) is 32.4. The number of thiazole rings is 1. The number of hydrogen-bond donors (Lipinski definition) is 1. The van der Waals surface area contributed by atoms with Crippen LogP contribution in [0, 0.1) is 0 Å². The summed E-state index contributed by atoms with van der Waals surface area (Å²) in [5.74, 6) is 0.562. The number of nitrogens with one attached hydrogen (secondary N) is 1. The number of nitrogens with zero attached hydrogens (tertiary/aromatic N) is 1. The molecule has 1 aromatic rings. The van der Waals surface area contributed by atoms with Crippen molar-refractivity contribution in [1.29, 1.82) is 0 Å². The third-order valence-electron chi connectivity index (χ3n) is 2.84. The monoisotopic (exact) mass is 230 g/mol. The molecule has 0 saturated carbocycles. The first kappa shape index (κ1) is 10.4. The van der Waals surface area contributed by atoms with Crippen LogP contribution >= 0.6 is 22.9 Å². The minimum Gasteiger partial charge on any atom is -0.311 e. The van der Waals surface area contributed by atoms with Crippen molar-refractivity contribution in [3.63, 3.8) is 0 Å². The summed E-state index contributed by atoms with van der Waals surface area (Å²) >= 11 is 7.52. The van der Waals surface area contributed by atoms with E-state index in [0.717, 1.165) is 10.8 Å². The fraction of sp³-hybridized carbons (Fsp3) is 0.700. The van der Waals surface area contributed by atoms with E-state index in [2.05, 4.69) is 24.1 Å². The number of halogens is 1. The molecular formula is C10H15ClN2S. The lowest BCUT2D eigenvalue weighted by molar-refractivity contribution is 0.516. The van der Waals surface area contributed by atoms with Crippen LogP contribution in [0.2, 0.25) is 4.34 Å². The molecule has 0 radical (unpaired) electrons. The van der Waals surface area contributed by atoms with Gasteiger partial charge in [0.25, 0.3) is 0 Å². The highest BCUT2D eigenvalue weighted by Crippen LogP contribution is 2.35. The van der Waals surface area contributed by atoms with Crippen molar-refractivity contribution < 1.29 is 0 Å². The Morgan fingerprint density at radius 1 is 1.71 bits per heavy atom. The van der Waals surface area contributed by atoms with E-state index in [-0.39, 0.29) is 0 Å². The summed E-state index contributed by atoms with van der Waals surface area (Å²) in [6, 6.07) is 1.18. The molecule has 14 heavy (non-hydrogen) atoms. The van der Waals surface area contributed by atoms with Crippen LogP contribution in [-0.2, 0) is 0 Å². The summed E-state index contributed by atoms with van der Waals surface area (Å²) in [5.41, 5.74) is 0. The Morgan fingerprint density at radius 2 is 2.50 bits per heavy atom. The summed E-state index contributed by atoms with van der Waals surface area (Å²) in [5, 5.41) is 4.78. The lowest BCUT2D eigenvalue weighted by Gasteiger charge is -2.14. The summed E-state index contributed by atoms with van der Waals surface area (Å²) in [6.07, 6.45) is 4.10. The third kappa shape index (κ3) is 1.95. The van der Waals surface area contributed by atoms with Gasteiger partial charge in [-0.25, -0.2) is 4.98 Å². The molecule has 1 fully saturated rings. The second-order valence-electron chi connectivity index (χ2n) is 3.93. The van der Waals surface area contributed by atoms with Gasteiger partial charge in [0.1, 0.15) is 4.34 Å². The summed E-state index contributed by atoms with van der Waals surface area (Å²) in [4.78, 5) is 4.38. The van der Waals surface area contributed by atoms with Crippen molar-refractivity contribution in [3.8, 4) is 0 Å². The second-order valence-corrected chi connectivity index (χ2v) is 5.62. The van der Waals surface area contributed by atoms with E-state index in [9.17, 15) is 0 Å². The van der Waals surface area contributed by atoms with Crippen LogP contribution in [0.1, 0.15) is 37.6 Å². The van der Waals surface area contributed by atoms with Crippen LogP contribution < -0.4 is 5.32 Å². The molecule has 0 amide bonds. The van der Waals surface area contributed by atoms with Crippen LogP contribution in [0.25, 0.3) is 0 Å². The van der Waals surface area contributed by atoms with E-state index >= 15 is 0 Å². The van der Waals surface area contributed by atoms with Gasteiger partial charge in [-0.3, -0.25) is 0 Å². The van der Waals surface area contributed by atoms with E-state index in [1.807, 2.05) is 0 Å². The van der Waals surface area contributed by atoms with Gasteiger partial charge in [0.2, 0.25) is 0 Å². The molecule has 1 N–H and O–H groups in total. The van der Waals surface area contributed by atoms with Gasteiger partial charge < -0.3 is 5.32 Å². The van der Waals surface area contributed by atoms with Crippen molar-refractivity contribution in [1.82, 2.24) is 10.3 Å². The van der Waals surface area contributed by atoms with Gasteiger partial charge in [0, 0.05) is 18.0 Å². The molecule has 0 aliphatic carbocycles. The van der Waals surface area contributed by atoms with Gasteiger partial charge in [-0.15, -0.1) is 11.3 Å². The van der Waals surface area contributed by atoms with Crippen molar-refractivity contribution in [2.45, 2.75) is 44.7 Å². The largest absolute Gasteiger partial charge is 0.311 e. The summed E-state index contributed by atoms with van der Waals surface area (Å²) in [6.45, 7) is 4.45. The molecule has 2 rings (SSSR count). The van der Waals surface area contributed by atoms with Gasteiger partial charge in [-0.1, -0.05) is 18.5 Å². The predicted molar refractivity (Wildman–Crippen MR) is 61.2 cm³/mol. The van der Waals surface area contributed by atoms with Gasteiger partial charge in [-0.05, 0) is 19.8 Å². The lowest BCUT2D eigenvalue weighted by atomic mass is 9.98. The number of hydrogen-bond acceptors (Lipinski definition) is 3. The molecule has 1 aliphatic heterocycles. The Hall–Kier alpha value is -0.120. The molecule has 3 unspecified atom stereocenters. The van der Waals surface area contributed by atoms with Gasteiger partial charge in [0.15, 0.2) is 0 Å². The molecule has 1 saturated heterocycles. The molecule has 78 valence electrons. The zero-order valence-electron chi connectivity index (χ0n) is 8.46. The van der Waals surface area contributed by atoms with E-state index in [1.54, 1.807) is 17.5 Å². The Balaban J connectivity index is 2.17. The maximum Gasteiger partial charge on any atom is 0.113 e. The highest BCUT2D eigenvalue weighted by molar-refractivity contribution is 7.15. The highest BCUT2D eigenvalue weighted by Gasteiger charge is 2.32. The first-order chi connectivity index (χ1) is 6.70. The molecule has 2 nitrogen and oxygen atoms in total. The third-order valence-corrected chi connectivity index (χ3v) is 4.09. The van der Waals surface area contributed by atoms with Crippen molar-refractivity contribution >= 4 is 22.9 Å². The number of aromatic nitrogens is 1. The van der Waals surface area contributed by atoms with Crippen LogP contribution in [0.15, 0.2) is 6.20 Å². The molecule has 2 heterocycles. The van der Waals surface area contributed by atoms with E-state index < -0.39 is 0 Å². The first-order valence-electron chi connectivity index (χ1n) is 5.08. The fourth-order valence-electron chi connectivity index (χ4n) is 2.21. The van der Waals surface area contributed by atoms with Crippen molar-refractivity contribution in [2.24, 2.45) is 0 Å². The standard InChI is InChI=1S/C10H15ClN2S/c1-3-8-7(4-6(2)13-8)10-12-5-9(11)14-10/h5-8,13H,3-4H2,1-2H3. The fourth-order valence-corrected chi connectivity index (χ4v) is 3.32. The molecule has 4 heteroatoms. The average molecular weight is 231 g/mol. The lowest BCUT2D eigenvalue weighted by Crippen LogP contribution is -2.28. The Bertz CT molecular complexity index is 313. The van der Waals surface area contributed by atoms with Gasteiger partial charge in [-0.2, -0.15) is 0 Å². The van der Waals surface area contributed by atoms with Crippen LogP contribution in [0.3, 0.4) is 0 Å². The van der Waals surface area contributed by atoms with Crippen molar-refractivity contribution in [2.75, 3.05) is 0 Å². The average Bonchev–Trinajstić information content (AvgIpc) is 2.71. The zero-order valence-corrected chi connectivity index (χ0v) is 10.0. The molecule has 1 aliphatic rings. The minimum atomic E-state index is 0.562. The van der Waals surface area contributed by atoms with E-state index in [0.29, 0.717) is 18.0 Å². The topological polar surface area (TPSA) is 24.9 Å². The van der Waals surface area contributed by atoms with Crippen molar-refractivity contribution in [3.05, 3.63) is 15.5 Å². The Kier molecular flexibility index (Phi) is 3.10. The minimum absolute atomic E-state index is 0.562. The Morgan fingerprint density at radius 3 is 3.07 bits per heavy atom. The van der Waals surface area contributed by atoms with Gasteiger partial charge in [0.05, 0.1) is 11.2 Å². The molecule has 0 bridgehead atoms. The maximum absolute atomic E-state index is 5.90. The first-order valence-corrected chi connectivity index (χ1v) is 6.27. The predicted octanol–water partition coefficient (Wildman–Crippen LogP) is 3.04. The SMILES string of the molecule is CCC1NC(C)CC1c1ncc(Cl)s1. The second kappa shape index (κ2) is 4.17.